The Morgan fingerprint density at radius 2 is 1.30 bits per heavy atom. The first-order valence-electron chi connectivity index (χ1n) is 23.6. The second kappa shape index (κ2) is 33.2. The molecule has 364 valence electrons. The lowest BCUT2D eigenvalue weighted by Gasteiger charge is -2.29. The van der Waals surface area contributed by atoms with Crippen LogP contribution >= 0.6 is 23.2 Å². The average Bonchev–Trinajstić information content (AvgIpc) is 3.34. The number of rotatable bonds is 10. The van der Waals surface area contributed by atoms with Crippen LogP contribution in [0, 0.1) is 5.92 Å². The monoisotopic (exact) mass is 953 g/mol. The van der Waals surface area contributed by atoms with Crippen LogP contribution in [0.5, 0.6) is 0 Å². The van der Waals surface area contributed by atoms with Crippen molar-refractivity contribution < 1.29 is 23.5 Å². The molecule has 15 heteroatoms. The van der Waals surface area contributed by atoms with Crippen LogP contribution in [-0.2, 0) is 19.1 Å². The van der Waals surface area contributed by atoms with Gasteiger partial charge in [-0.05, 0) is 145 Å². The molecule has 0 spiro atoms. The Labute approximate surface area is 403 Å². The predicted octanol–water partition coefficient (Wildman–Crippen LogP) is 11.7. The number of aromatic nitrogens is 2. The summed E-state index contributed by atoms with van der Waals surface area (Å²) in [5.74, 6) is 1.60. The molecule has 66 heavy (non-hydrogen) atoms. The maximum Gasteiger partial charge on any atom is 0.212 e. The van der Waals surface area contributed by atoms with Crippen molar-refractivity contribution in [3.63, 3.8) is 0 Å². The van der Waals surface area contributed by atoms with Crippen LogP contribution in [-0.4, -0.2) is 94.2 Å². The predicted molar refractivity (Wildman–Crippen MR) is 274 cm³/mol. The molecular formula is C51H75Cl2FN8O4. The summed E-state index contributed by atoms with van der Waals surface area (Å²) >= 11 is 12.4. The number of ether oxygens (including phenoxy) is 2. The number of nitrogens with zero attached hydrogens (tertiary/aromatic N) is 2. The molecule has 4 saturated heterocycles. The van der Waals surface area contributed by atoms with Crippen LogP contribution in [0.1, 0.15) is 98.3 Å². The van der Waals surface area contributed by atoms with Crippen molar-refractivity contribution in [2.75, 3.05) is 80.9 Å². The van der Waals surface area contributed by atoms with Gasteiger partial charge in [0.25, 0.3) is 0 Å². The Morgan fingerprint density at radius 1 is 0.742 bits per heavy atom. The maximum absolute atomic E-state index is 12.1. The van der Waals surface area contributed by atoms with E-state index in [1.54, 1.807) is 18.3 Å². The van der Waals surface area contributed by atoms with E-state index in [4.69, 9.17) is 32.7 Å². The molecule has 4 fully saturated rings. The van der Waals surface area contributed by atoms with Crippen LogP contribution < -0.4 is 31.9 Å². The summed E-state index contributed by atoms with van der Waals surface area (Å²) in [6.45, 7) is 16.2. The Balaban J connectivity index is 0.000000239. The molecular weight excluding hydrogens is 879 g/mol. The summed E-state index contributed by atoms with van der Waals surface area (Å²) in [4.78, 5) is 29.1. The summed E-state index contributed by atoms with van der Waals surface area (Å²) in [7, 11) is 1.85. The first-order chi connectivity index (χ1) is 32.0. The summed E-state index contributed by atoms with van der Waals surface area (Å²) in [6.07, 6.45) is 16.9. The topological polar surface area (TPSA) is 151 Å². The lowest BCUT2D eigenvalue weighted by molar-refractivity contribution is -0.106. The molecule has 12 nitrogen and oxygen atoms in total. The van der Waals surface area contributed by atoms with Gasteiger partial charge in [0.15, 0.2) is 0 Å². The third-order valence-electron chi connectivity index (χ3n) is 10.8. The number of piperidine rings is 2. The Kier molecular flexibility index (Phi) is 28.1. The third-order valence-corrected chi connectivity index (χ3v) is 11.4. The van der Waals surface area contributed by atoms with E-state index in [2.05, 4.69) is 75.6 Å². The standard InChI is InChI=1S/C18H20ClN3O2.C13H12ClN3O.C7H14O.C5H10FN.C5H11N.C3H8/c19-17-11-21-18(22-12-23)9-16(17)14-2-1-3-15(8-14)20-10-13-4-6-24-7-5-13;1-15-10-4-2-3-9(5-10)11-6-13(17-8-18)16-7-12(11)14;1-7(2)5-3-4-6-8-7;6-5-2-1-3-7-4-5;1-2-4-6-5-3-1;1-3-2/h1-3,8-9,11-13,20H,4-7,10H2,(H,21,22,23);2-8,15H,1H3,(H,16,17,18);3-6H2,1-2H3;5,7H,1-4H2;6H,1-5H2;3H2,1-2H3. The highest BCUT2D eigenvalue weighted by molar-refractivity contribution is 6.33. The van der Waals surface area contributed by atoms with Crippen molar-refractivity contribution in [1.29, 1.82) is 0 Å². The quantitative estimate of drug-likeness (QED) is 0.0848. The lowest BCUT2D eigenvalue weighted by Crippen LogP contribution is -2.30. The lowest BCUT2D eigenvalue weighted by atomic mass is 9.99. The molecule has 8 rings (SSSR count). The highest BCUT2D eigenvalue weighted by Gasteiger charge is 2.21. The summed E-state index contributed by atoms with van der Waals surface area (Å²) < 4.78 is 23.0. The van der Waals surface area contributed by atoms with Crippen molar-refractivity contribution in [2.45, 2.75) is 110 Å². The number of carbonyl (C=O) groups excluding carboxylic acids is 2. The number of halogens is 3. The molecule has 0 radical (unpaired) electrons. The van der Waals surface area contributed by atoms with Gasteiger partial charge in [0, 0.05) is 74.9 Å². The normalized spacial score (nSPS) is 17.5. The molecule has 6 heterocycles. The largest absolute Gasteiger partial charge is 0.388 e. The fraction of sp³-hybridized carbons (Fsp3) is 0.529. The van der Waals surface area contributed by atoms with E-state index in [1.807, 2.05) is 49.5 Å². The summed E-state index contributed by atoms with van der Waals surface area (Å²) in [5.41, 5.74) is 5.83. The Bertz CT molecular complexity index is 1930. The molecule has 2 aromatic heterocycles. The second-order valence-corrected chi connectivity index (χ2v) is 17.8. The third kappa shape index (κ3) is 22.9. The van der Waals surface area contributed by atoms with Crippen molar-refractivity contribution in [3.8, 4) is 22.3 Å². The van der Waals surface area contributed by atoms with Gasteiger partial charge in [-0.15, -0.1) is 0 Å². The van der Waals surface area contributed by atoms with Gasteiger partial charge >= 0.3 is 0 Å². The molecule has 0 aliphatic carbocycles. The van der Waals surface area contributed by atoms with E-state index in [-0.39, 0.29) is 5.60 Å². The van der Waals surface area contributed by atoms with Gasteiger partial charge in [0.05, 0.1) is 15.6 Å². The zero-order valence-electron chi connectivity index (χ0n) is 39.8. The highest BCUT2D eigenvalue weighted by atomic mass is 35.5. The molecule has 0 bridgehead atoms. The molecule has 4 aromatic rings. The first-order valence-corrected chi connectivity index (χ1v) is 24.4. The molecule has 0 saturated carbocycles. The smallest absolute Gasteiger partial charge is 0.212 e. The van der Waals surface area contributed by atoms with Crippen molar-refractivity contribution >= 4 is 59.0 Å². The van der Waals surface area contributed by atoms with Gasteiger partial charge in [-0.2, -0.15) is 0 Å². The van der Waals surface area contributed by atoms with Crippen molar-refractivity contribution in [1.82, 2.24) is 20.6 Å². The summed E-state index contributed by atoms with van der Waals surface area (Å²) in [6, 6.07) is 19.4. The SMILES string of the molecule is C1CCNCC1.CC1(C)CCCCO1.CCC.CNc1cccc(-c2cc(NC=O)ncc2Cl)c1.FC1CCCNC1.O=CNc1cc(-c2cccc(NCC3CCOCC3)c2)c(Cl)cn1. The van der Waals surface area contributed by atoms with Gasteiger partial charge in [-0.25, -0.2) is 14.4 Å². The van der Waals surface area contributed by atoms with E-state index >= 15 is 0 Å². The number of amides is 2. The van der Waals surface area contributed by atoms with Crippen LogP contribution in [0.15, 0.2) is 73.1 Å². The van der Waals surface area contributed by atoms with Crippen LogP contribution in [0.4, 0.5) is 27.4 Å². The van der Waals surface area contributed by atoms with Gasteiger partial charge < -0.3 is 41.4 Å². The minimum Gasteiger partial charge on any atom is -0.388 e. The van der Waals surface area contributed by atoms with Gasteiger partial charge in [-0.1, -0.05) is 74.2 Å². The van der Waals surface area contributed by atoms with E-state index in [9.17, 15) is 14.0 Å². The number of anilines is 4. The minimum absolute atomic E-state index is 0.179. The number of nitrogens with one attached hydrogen (secondary N) is 6. The fourth-order valence-electron chi connectivity index (χ4n) is 7.13. The first kappa shape index (κ1) is 56.0. The molecule has 4 aliphatic heterocycles. The van der Waals surface area contributed by atoms with Crippen LogP contribution in [0.3, 0.4) is 0 Å². The van der Waals surface area contributed by atoms with E-state index < -0.39 is 6.17 Å². The molecule has 1 unspecified atom stereocenters. The number of hydrogen-bond donors (Lipinski definition) is 6. The number of pyridine rings is 2. The average molecular weight is 954 g/mol. The minimum atomic E-state index is -0.575. The fourth-order valence-corrected chi connectivity index (χ4v) is 7.56. The van der Waals surface area contributed by atoms with Crippen molar-refractivity contribution in [3.05, 3.63) is 83.1 Å². The number of carbonyl (C=O) groups is 2. The van der Waals surface area contributed by atoms with E-state index in [0.717, 1.165) is 92.2 Å². The van der Waals surface area contributed by atoms with Gasteiger partial charge in [-0.3, -0.25) is 9.59 Å². The second-order valence-electron chi connectivity index (χ2n) is 17.0. The van der Waals surface area contributed by atoms with Crippen LogP contribution in [0.2, 0.25) is 10.0 Å². The molecule has 2 aromatic carbocycles. The number of benzene rings is 2. The van der Waals surface area contributed by atoms with E-state index in [0.29, 0.717) is 47.0 Å². The highest BCUT2D eigenvalue weighted by Crippen LogP contribution is 2.32. The van der Waals surface area contributed by atoms with Crippen LogP contribution in [0.25, 0.3) is 22.3 Å². The molecule has 2 amide bonds. The summed E-state index contributed by atoms with van der Waals surface area (Å²) in [5, 5.41) is 19.0. The van der Waals surface area contributed by atoms with Crippen molar-refractivity contribution in [2.24, 2.45) is 5.92 Å². The Hall–Kier alpha value is -4.37. The molecule has 6 N–H and O–H groups in total. The van der Waals surface area contributed by atoms with Gasteiger partial charge in [0.1, 0.15) is 17.8 Å². The number of alkyl halides is 1. The van der Waals surface area contributed by atoms with E-state index in [1.165, 1.54) is 64.2 Å². The zero-order chi connectivity index (χ0) is 47.8. The maximum atomic E-state index is 12.1. The molecule has 4 aliphatic rings. The Morgan fingerprint density at radius 3 is 1.71 bits per heavy atom. The number of hydrogen-bond acceptors (Lipinski definition) is 10. The van der Waals surface area contributed by atoms with Gasteiger partial charge in [0.2, 0.25) is 12.8 Å². The zero-order valence-corrected chi connectivity index (χ0v) is 41.3. The molecule has 1 atom stereocenters.